The molecule has 0 aromatic heterocycles. The van der Waals surface area contributed by atoms with Crippen LogP contribution in [-0.4, -0.2) is 18.2 Å². The molecule has 0 saturated heterocycles. The highest BCUT2D eigenvalue weighted by atomic mass is 19.4. The van der Waals surface area contributed by atoms with Crippen LogP contribution in [0.1, 0.15) is 18.1 Å². The normalized spacial score (nSPS) is 15.2. The van der Waals surface area contributed by atoms with E-state index in [1.807, 2.05) is 0 Å². The minimum Gasteiger partial charge on any atom is -0.467 e. The summed E-state index contributed by atoms with van der Waals surface area (Å²) in [7, 11) is 1.05. The molecule has 3 nitrogen and oxygen atoms in total. The zero-order valence-electron chi connectivity index (χ0n) is 9.21. The van der Waals surface area contributed by atoms with E-state index in [-0.39, 0.29) is 5.56 Å². The number of ether oxygens (including phenoxy) is 1. The zero-order valence-corrected chi connectivity index (χ0v) is 9.21. The van der Waals surface area contributed by atoms with Crippen LogP contribution in [-0.2, 0) is 21.3 Å². The number of methoxy groups -OCH3 is 1. The van der Waals surface area contributed by atoms with Crippen LogP contribution in [0.3, 0.4) is 0 Å². The van der Waals surface area contributed by atoms with E-state index in [9.17, 15) is 23.1 Å². The van der Waals surface area contributed by atoms with Crippen molar-refractivity contribution in [3.8, 4) is 0 Å². The highest BCUT2D eigenvalue weighted by Crippen LogP contribution is 2.32. The number of hydrogen-bond acceptors (Lipinski definition) is 3. The van der Waals surface area contributed by atoms with Crippen LogP contribution in [0.15, 0.2) is 24.3 Å². The number of aliphatic hydroxyl groups is 1. The molecule has 1 N–H and O–H groups in total. The number of rotatable bonds is 2. The summed E-state index contributed by atoms with van der Waals surface area (Å²) in [6.45, 7) is 1.08. The van der Waals surface area contributed by atoms with Gasteiger partial charge in [0.15, 0.2) is 5.60 Å². The summed E-state index contributed by atoms with van der Waals surface area (Å²) in [4.78, 5) is 11.2. The highest BCUT2D eigenvalue weighted by molar-refractivity contribution is 5.80. The minimum absolute atomic E-state index is 0.167. The largest absolute Gasteiger partial charge is 0.467 e. The van der Waals surface area contributed by atoms with Crippen LogP contribution in [0.25, 0.3) is 0 Å². The van der Waals surface area contributed by atoms with Gasteiger partial charge in [-0.05, 0) is 24.6 Å². The Morgan fingerprint density at radius 3 is 2.29 bits per heavy atom. The summed E-state index contributed by atoms with van der Waals surface area (Å²) < 4.78 is 41.6. The van der Waals surface area contributed by atoms with Gasteiger partial charge in [0.05, 0.1) is 12.7 Å². The Bertz CT molecular complexity index is 424. The number of halogens is 3. The molecule has 0 aliphatic heterocycles. The molecular weight excluding hydrogens is 237 g/mol. The zero-order chi connectivity index (χ0) is 13.3. The average molecular weight is 248 g/mol. The third-order valence-corrected chi connectivity index (χ3v) is 2.33. The summed E-state index contributed by atoms with van der Waals surface area (Å²) in [6.07, 6.45) is -4.53. The van der Waals surface area contributed by atoms with Crippen LogP contribution in [0.2, 0.25) is 0 Å². The van der Waals surface area contributed by atoms with Crippen LogP contribution >= 0.6 is 0 Å². The van der Waals surface area contributed by atoms with Crippen molar-refractivity contribution in [3.63, 3.8) is 0 Å². The van der Waals surface area contributed by atoms with Gasteiger partial charge >= 0.3 is 12.1 Å². The molecule has 0 fully saturated rings. The van der Waals surface area contributed by atoms with Crippen molar-refractivity contribution in [1.29, 1.82) is 0 Å². The maximum Gasteiger partial charge on any atom is 0.416 e. The Morgan fingerprint density at radius 2 is 1.82 bits per heavy atom. The van der Waals surface area contributed by atoms with E-state index in [4.69, 9.17) is 0 Å². The third kappa shape index (κ3) is 2.76. The molecule has 94 valence electrons. The van der Waals surface area contributed by atoms with Crippen molar-refractivity contribution in [2.24, 2.45) is 0 Å². The predicted molar refractivity (Wildman–Crippen MR) is 53.0 cm³/mol. The minimum atomic E-state index is -4.53. The predicted octanol–water partition coefficient (Wildman–Crippen LogP) is 2.09. The van der Waals surface area contributed by atoms with Crippen LogP contribution in [0.4, 0.5) is 13.2 Å². The van der Waals surface area contributed by atoms with Crippen molar-refractivity contribution < 1.29 is 27.8 Å². The Balaban J connectivity index is 3.20. The van der Waals surface area contributed by atoms with Gasteiger partial charge in [-0.25, -0.2) is 4.79 Å². The third-order valence-electron chi connectivity index (χ3n) is 2.33. The summed E-state index contributed by atoms with van der Waals surface area (Å²) in [5, 5.41) is 9.80. The molecular formula is C11H11F3O3. The SMILES string of the molecule is COC(=O)[C@](C)(O)c1cccc(C(F)(F)F)c1. The van der Waals surface area contributed by atoms with E-state index >= 15 is 0 Å². The topological polar surface area (TPSA) is 46.5 Å². The Morgan fingerprint density at radius 1 is 1.29 bits per heavy atom. The quantitative estimate of drug-likeness (QED) is 0.815. The Hall–Kier alpha value is -1.56. The molecule has 0 radical (unpaired) electrons. The first-order valence-corrected chi connectivity index (χ1v) is 4.68. The molecule has 6 heteroatoms. The molecule has 17 heavy (non-hydrogen) atoms. The van der Waals surface area contributed by atoms with Gasteiger partial charge in [-0.2, -0.15) is 13.2 Å². The van der Waals surface area contributed by atoms with Crippen molar-refractivity contribution in [3.05, 3.63) is 35.4 Å². The summed E-state index contributed by atoms with van der Waals surface area (Å²) in [5.41, 5.74) is -3.20. The van der Waals surface area contributed by atoms with E-state index < -0.39 is 23.3 Å². The summed E-state index contributed by atoms with van der Waals surface area (Å²) in [6, 6.07) is 3.93. The molecule has 1 atom stereocenters. The molecule has 0 aliphatic carbocycles. The van der Waals surface area contributed by atoms with Gasteiger partial charge in [0.2, 0.25) is 0 Å². The van der Waals surface area contributed by atoms with Crippen molar-refractivity contribution >= 4 is 5.97 Å². The van der Waals surface area contributed by atoms with E-state index in [1.165, 1.54) is 6.07 Å². The second kappa shape index (κ2) is 4.37. The van der Waals surface area contributed by atoms with Crippen molar-refractivity contribution in [1.82, 2.24) is 0 Å². The average Bonchev–Trinajstić information content (AvgIpc) is 2.27. The van der Waals surface area contributed by atoms with E-state index in [1.54, 1.807) is 0 Å². The maximum atomic E-state index is 12.4. The number of carbonyl (C=O) groups is 1. The molecule has 0 heterocycles. The second-order valence-electron chi connectivity index (χ2n) is 3.64. The first kappa shape index (κ1) is 13.5. The molecule has 0 saturated carbocycles. The fourth-order valence-electron chi connectivity index (χ4n) is 1.31. The standard InChI is InChI=1S/C11H11F3O3/c1-10(16,9(15)17-2)7-4-3-5-8(6-7)11(12,13)14/h3-6,16H,1-2H3/t10-/m1/s1. The lowest BCUT2D eigenvalue weighted by Gasteiger charge is -2.21. The maximum absolute atomic E-state index is 12.4. The van der Waals surface area contributed by atoms with E-state index in [2.05, 4.69) is 4.74 Å². The van der Waals surface area contributed by atoms with Crippen LogP contribution in [0, 0.1) is 0 Å². The first-order valence-electron chi connectivity index (χ1n) is 4.68. The van der Waals surface area contributed by atoms with Gasteiger partial charge in [-0.15, -0.1) is 0 Å². The highest BCUT2D eigenvalue weighted by Gasteiger charge is 2.37. The number of benzene rings is 1. The lowest BCUT2D eigenvalue weighted by Crippen LogP contribution is -2.33. The summed E-state index contributed by atoms with van der Waals surface area (Å²) >= 11 is 0. The van der Waals surface area contributed by atoms with Crippen LogP contribution < -0.4 is 0 Å². The van der Waals surface area contributed by atoms with Gasteiger partial charge in [0.1, 0.15) is 0 Å². The first-order chi connectivity index (χ1) is 7.69. The molecule has 0 aliphatic rings. The number of hydrogen-bond donors (Lipinski definition) is 1. The van der Waals surface area contributed by atoms with E-state index in [0.717, 1.165) is 32.2 Å². The fraction of sp³-hybridized carbons (Fsp3) is 0.364. The number of esters is 1. The molecule has 1 aromatic rings. The lowest BCUT2D eigenvalue weighted by atomic mass is 9.94. The second-order valence-corrected chi connectivity index (χ2v) is 3.64. The Kier molecular flexibility index (Phi) is 3.47. The molecule has 1 rings (SSSR count). The molecule has 0 unspecified atom stereocenters. The molecule has 0 spiro atoms. The van der Waals surface area contributed by atoms with Gasteiger partial charge in [0, 0.05) is 0 Å². The molecule has 1 aromatic carbocycles. The smallest absolute Gasteiger partial charge is 0.416 e. The summed E-state index contributed by atoms with van der Waals surface area (Å²) in [5.74, 6) is -1.02. The van der Waals surface area contributed by atoms with Crippen molar-refractivity contribution in [2.75, 3.05) is 7.11 Å². The lowest BCUT2D eigenvalue weighted by molar-refractivity contribution is -0.161. The van der Waals surface area contributed by atoms with Gasteiger partial charge in [-0.3, -0.25) is 0 Å². The fourth-order valence-corrected chi connectivity index (χ4v) is 1.31. The van der Waals surface area contributed by atoms with Crippen molar-refractivity contribution in [2.45, 2.75) is 18.7 Å². The monoisotopic (exact) mass is 248 g/mol. The van der Waals surface area contributed by atoms with Gasteiger partial charge in [0.25, 0.3) is 0 Å². The van der Waals surface area contributed by atoms with Crippen LogP contribution in [0.5, 0.6) is 0 Å². The molecule has 0 amide bonds. The van der Waals surface area contributed by atoms with Gasteiger partial charge < -0.3 is 9.84 Å². The molecule has 0 bridgehead atoms. The number of carbonyl (C=O) groups excluding carboxylic acids is 1. The number of alkyl halides is 3. The Labute approximate surface area is 95.8 Å². The van der Waals surface area contributed by atoms with E-state index in [0.29, 0.717) is 0 Å². The van der Waals surface area contributed by atoms with Gasteiger partial charge in [-0.1, -0.05) is 12.1 Å².